The maximum Gasteiger partial charge on any atom is 0.0762 e. The van der Waals surface area contributed by atoms with E-state index in [1.807, 2.05) is 6.07 Å². The fourth-order valence-corrected chi connectivity index (χ4v) is 1.83. The Balaban J connectivity index is 2.13. The van der Waals surface area contributed by atoms with Gasteiger partial charge in [-0.1, -0.05) is 0 Å². The molecule has 1 aliphatic heterocycles. The molecule has 1 aliphatic rings. The summed E-state index contributed by atoms with van der Waals surface area (Å²) >= 11 is 0. The van der Waals surface area contributed by atoms with Crippen LogP contribution >= 0.6 is 0 Å². The lowest BCUT2D eigenvalue weighted by Crippen LogP contribution is -2.23. The molecule has 1 saturated heterocycles. The number of anilines is 2. The summed E-state index contributed by atoms with van der Waals surface area (Å²) in [6.07, 6.45) is 4.86. The second kappa shape index (κ2) is 3.84. The molecule has 1 aromatic rings. The van der Waals surface area contributed by atoms with Crippen LogP contribution in [-0.2, 0) is 4.74 Å². The van der Waals surface area contributed by atoms with E-state index in [9.17, 15) is 0 Å². The first-order valence-electron chi connectivity index (χ1n) is 4.78. The Morgan fingerprint density at radius 3 is 3.14 bits per heavy atom. The molecule has 4 nitrogen and oxygen atoms in total. The summed E-state index contributed by atoms with van der Waals surface area (Å²) in [5, 5.41) is 0. The van der Waals surface area contributed by atoms with Gasteiger partial charge < -0.3 is 15.4 Å². The minimum atomic E-state index is 0.336. The van der Waals surface area contributed by atoms with E-state index in [4.69, 9.17) is 10.5 Å². The Bertz CT molecular complexity index is 316. The smallest absolute Gasteiger partial charge is 0.0762 e. The number of nitrogens with two attached hydrogens (primary N) is 1. The van der Waals surface area contributed by atoms with Crippen molar-refractivity contribution in [3.63, 3.8) is 0 Å². The quantitative estimate of drug-likeness (QED) is 0.757. The molecule has 1 unspecified atom stereocenters. The molecular weight excluding hydrogens is 178 g/mol. The first-order chi connectivity index (χ1) is 6.81. The number of hydrogen-bond donors (Lipinski definition) is 1. The summed E-state index contributed by atoms with van der Waals surface area (Å²) in [4.78, 5) is 6.21. The van der Waals surface area contributed by atoms with Crippen molar-refractivity contribution < 1.29 is 4.74 Å². The second-order valence-electron chi connectivity index (χ2n) is 3.53. The highest BCUT2D eigenvalue weighted by molar-refractivity contribution is 5.66. The average Bonchev–Trinajstić information content (AvgIpc) is 2.67. The second-order valence-corrected chi connectivity index (χ2v) is 3.53. The minimum Gasteiger partial charge on any atom is -0.396 e. The van der Waals surface area contributed by atoms with E-state index in [-0.39, 0.29) is 0 Å². The monoisotopic (exact) mass is 193 g/mol. The number of hydrogen-bond acceptors (Lipinski definition) is 4. The molecule has 4 heteroatoms. The van der Waals surface area contributed by atoms with Gasteiger partial charge in [-0.2, -0.15) is 0 Å². The van der Waals surface area contributed by atoms with Crippen LogP contribution in [0.15, 0.2) is 18.5 Å². The number of ether oxygens (including phenoxy) is 1. The van der Waals surface area contributed by atoms with Crippen LogP contribution in [0.4, 0.5) is 11.4 Å². The zero-order valence-electron chi connectivity index (χ0n) is 8.31. The van der Waals surface area contributed by atoms with E-state index in [0.29, 0.717) is 6.10 Å². The van der Waals surface area contributed by atoms with Gasteiger partial charge in [0.15, 0.2) is 0 Å². The molecule has 2 N–H and O–H groups in total. The van der Waals surface area contributed by atoms with Gasteiger partial charge in [0.05, 0.1) is 23.7 Å². The minimum absolute atomic E-state index is 0.336. The summed E-state index contributed by atoms with van der Waals surface area (Å²) in [5.74, 6) is 0. The standard InChI is InChI=1S/C10H15N3O/c1-14-8-3-5-13(7-8)10-2-4-12-6-9(10)11/h2,4,6,8H,3,5,7,11H2,1H3. The van der Waals surface area contributed by atoms with E-state index in [2.05, 4.69) is 9.88 Å². The lowest BCUT2D eigenvalue weighted by Gasteiger charge is -2.19. The van der Waals surface area contributed by atoms with Crippen LogP contribution in [0.2, 0.25) is 0 Å². The van der Waals surface area contributed by atoms with Crippen molar-refractivity contribution in [1.29, 1.82) is 0 Å². The van der Waals surface area contributed by atoms with E-state index < -0.39 is 0 Å². The third kappa shape index (κ3) is 1.65. The number of nitrogens with zero attached hydrogens (tertiary/aromatic N) is 2. The SMILES string of the molecule is COC1CCN(c2ccncc2N)C1. The Hall–Kier alpha value is -1.29. The molecule has 0 bridgehead atoms. The average molecular weight is 193 g/mol. The Morgan fingerprint density at radius 1 is 1.64 bits per heavy atom. The summed E-state index contributed by atoms with van der Waals surface area (Å²) in [6.45, 7) is 1.93. The number of nitrogen functional groups attached to an aromatic ring is 1. The highest BCUT2D eigenvalue weighted by Gasteiger charge is 2.23. The molecule has 2 rings (SSSR count). The first kappa shape index (κ1) is 9.27. The van der Waals surface area contributed by atoms with E-state index in [0.717, 1.165) is 30.9 Å². The van der Waals surface area contributed by atoms with Crippen molar-refractivity contribution in [2.75, 3.05) is 30.8 Å². The van der Waals surface area contributed by atoms with Gasteiger partial charge in [-0.3, -0.25) is 4.98 Å². The molecule has 1 atom stereocenters. The molecule has 0 spiro atoms. The molecule has 0 saturated carbocycles. The maximum absolute atomic E-state index is 5.84. The van der Waals surface area contributed by atoms with Crippen molar-refractivity contribution in [2.24, 2.45) is 0 Å². The fourth-order valence-electron chi connectivity index (χ4n) is 1.83. The first-order valence-corrected chi connectivity index (χ1v) is 4.78. The van der Waals surface area contributed by atoms with Crippen molar-refractivity contribution in [3.8, 4) is 0 Å². The number of rotatable bonds is 2. The third-order valence-electron chi connectivity index (χ3n) is 2.65. The predicted octanol–water partition coefficient (Wildman–Crippen LogP) is 0.889. The van der Waals surface area contributed by atoms with Crippen molar-refractivity contribution in [2.45, 2.75) is 12.5 Å². The molecule has 0 radical (unpaired) electrons. The molecular formula is C10H15N3O. The van der Waals surface area contributed by atoms with Gasteiger partial charge in [0, 0.05) is 26.4 Å². The third-order valence-corrected chi connectivity index (χ3v) is 2.65. The maximum atomic E-state index is 5.84. The molecule has 0 aromatic carbocycles. The molecule has 1 fully saturated rings. The topological polar surface area (TPSA) is 51.4 Å². The lowest BCUT2D eigenvalue weighted by molar-refractivity contribution is 0.121. The normalized spacial score (nSPS) is 21.5. The molecule has 76 valence electrons. The molecule has 0 amide bonds. The van der Waals surface area contributed by atoms with Gasteiger partial charge in [0.2, 0.25) is 0 Å². The van der Waals surface area contributed by atoms with Crippen LogP contribution in [-0.4, -0.2) is 31.3 Å². The van der Waals surface area contributed by atoms with Crippen LogP contribution in [0.3, 0.4) is 0 Å². The molecule has 1 aromatic heterocycles. The summed E-state index contributed by atoms with van der Waals surface area (Å²) in [7, 11) is 1.75. The zero-order valence-corrected chi connectivity index (χ0v) is 8.31. The van der Waals surface area contributed by atoms with E-state index in [1.165, 1.54) is 0 Å². The van der Waals surface area contributed by atoms with Gasteiger partial charge in [0.1, 0.15) is 0 Å². The van der Waals surface area contributed by atoms with Gasteiger partial charge in [-0.05, 0) is 12.5 Å². The summed E-state index contributed by atoms with van der Waals surface area (Å²) in [5.41, 5.74) is 7.65. The number of aromatic nitrogens is 1. The van der Waals surface area contributed by atoms with Crippen molar-refractivity contribution in [3.05, 3.63) is 18.5 Å². The molecule has 14 heavy (non-hydrogen) atoms. The van der Waals surface area contributed by atoms with Crippen LogP contribution < -0.4 is 10.6 Å². The van der Waals surface area contributed by atoms with Crippen molar-refractivity contribution >= 4 is 11.4 Å². The van der Waals surface area contributed by atoms with Gasteiger partial charge in [0.25, 0.3) is 0 Å². The Labute approximate surface area is 83.7 Å². The highest BCUT2D eigenvalue weighted by Crippen LogP contribution is 2.25. The predicted molar refractivity (Wildman–Crippen MR) is 56.3 cm³/mol. The van der Waals surface area contributed by atoms with Gasteiger partial charge in [-0.15, -0.1) is 0 Å². The lowest BCUT2D eigenvalue weighted by atomic mass is 10.3. The van der Waals surface area contributed by atoms with Crippen LogP contribution in [0, 0.1) is 0 Å². The highest BCUT2D eigenvalue weighted by atomic mass is 16.5. The summed E-state index contributed by atoms with van der Waals surface area (Å²) in [6, 6.07) is 1.95. The molecule has 0 aliphatic carbocycles. The van der Waals surface area contributed by atoms with Crippen molar-refractivity contribution in [1.82, 2.24) is 4.98 Å². The van der Waals surface area contributed by atoms with Crippen LogP contribution in [0.25, 0.3) is 0 Å². The van der Waals surface area contributed by atoms with Gasteiger partial charge >= 0.3 is 0 Å². The Kier molecular flexibility index (Phi) is 2.54. The Morgan fingerprint density at radius 2 is 2.50 bits per heavy atom. The van der Waals surface area contributed by atoms with E-state index >= 15 is 0 Å². The number of methoxy groups -OCH3 is 1. The largest absolute Gasteiger partial charge is 0.396 e. The van der Waals surface area contributed by atoms with E-state index in [1.54, 1.807) is 19.5 Å². The summed E-state index contributed by atoms with van der Waals surface area (Å²) < 4.78 is 5.30. The van der Waals surface area contributed by atoms with Crippen LogP contribution in [0.1, 0.15) is 6.42 Å². The number of pyridine rings is 1. The fraction of sp³-hybridized carbons (Fsp3) is 0.500. The van der Waals surface area contributed by atoms with Crippen LogP contribution in [0.5, 0.6) is 0 Å². The van der Waals surface area contributed by atoms with Gasteiger partial charge in [-0.25, -0.2) is 0 Å². The zero-order chi connectivity index (χ0) is 9.97. The molecule has 2 heterocycles.